The van der Waals surface area contributed by atoms with E-state index in [1.807, 2.05) is 0 Å². The highest BCUT2D eigenvalue weighted by molar-refractivity contribution is 4.72. The Kier molecular flexibility index (Phi) is 4.07. The predicted molar refractivity (Wildman–Crippen MR) is 52.0 cm³/mol. The fraction of sp³-hybridized carbons (Fsp3) is 1.00. The van der Waals surface area contributed by atoms with Gasteiger partial charge in [-0.2, -0.15) is 0 Å². The molecule has 1 aliphatic rings. The zero-order valence-corrected chi connectivity index (χ0v) is 8.42. The molecule has 0 unspecified atom stereocenters. The molecule has 1 rings (SSSR count). The Morgan fingerprint density at radius 3 is 2.67 bits per heavy atom. The van der Waals surface area contributed by atoms with Gasteiger partial charge in [0.2, 0.25) is 0 Å². The average Bonchev–Trinajstić information content (AvgIpc) is 2.28. The summed E-state index contributed by atoms with van der Waals surface area (Å²) in [6, 6.07) is 0. The Bertz CT molecular complexity index is 122. The van der Waals surface area contributed by atoms with Gasteiger partial charge in [0.1, 0.15) is 0 Å². The van der Waals surface area contributed by atoms with Crippen LogP contribution in [0.1, 0.15) is 46.0 Å². The second-order valence-electron chi connectivity index (χ2n) is 4.55. The van der Waals surface area contributed by atoms with Crippen molar-refractivity contribution in [2.75, 3.05) is 6.61 Å². The van der Waals surface area contributed by atoms with Crippen molar-refractivity contribution in [1.82, 2.24) is 0 Å². The minimum atomic E-state index is 0.372. The summed E-state index contributed by atoms with van der Waals surface area (Å²) in [6.07, 6.45) is 6.84. The lowest BCUT2D eigenvalue weighted by molar-refractivity contribution is 0.170. The van der Waals surface area contributed by atoms with Crippen molar-refractivity contribution >= 4 is 0 Å². The van der Waals surface area contributed by atoms with Gasteiger partial charge in [0.05, 0.1) is 0 Å². The minimum absolute atomic E-state index is 0.372. The van der Waals surface area contributed by atoms with Gasteiger partial charge < -0.3 is 5.11 Å². The average molecular weight is 170 g/mol. The highest BCUT2D eigenvalue weighted by Crippen LogP contribution is 2.31. The molecule has 1 heteroatoms. The van der Waals surface area contributed by atoms with Gasteiger partial charge in [-0.1, -0.05) is 39.5 Å². The maximum atomic E-state index is 9.07. The maximum Gasteiger partial charge on any atom is 0.0459 e. The minimum Gasteiger partial charge on any atom is -0.396 e. The van der Waals surface area contributed by atoms with Crippen LogP contribution in [0, 0.1) is 17.8 Å². The lowest BCUT2D eigenvalue weighted by Gasteiger charge is -2.22. The lowest BCUT2D eigenvalue weighted by Crippen LogP contribution is -2.16. The third-order valence-corrected chi connectivity index (χ3v) is 3.32. The largest absolute Gasteiger partial charge is 0.396 e. The van der Waals surface area contributed by atoms with Gasteiger partial charge in [0, 0.05) is 6.61 Å². The molecule has 1 saturated carbocycles. The first-order chi connectivity index (χ1) is 5.74. The molecule has 0 aromatic carbocycles. The van der Waals surface area contributed by atoms with Gasteiger partial charge in [0.25, 0.3) is 0 Å². The molecule has 0 aromatic rings. The number of hydrogen-bond donors (Lipinski definition) is 1. The van der Waals surface area contributed by atoms with E-state index in [2.05, 4.69) is 13.8 Å². The summed E-state index contributed by atoms with van der Waals surface area (Å²) in [7, 11) is 0. The Balaban J connectivity index is 2.40. The standard InChI is InChI=1S/C11H22O/c1-9-5-3-4-6-11(7-9)10(2)8-12/h9-12H,3-8H2,1-2H3/t9-,10+,11+/m1/s1. The van der Waals surface area contributed by atoms with Gasteiger partial charge in [0.15, 0.2) is 0 Å². The second kappa shape index (κ2) is 4.86. The first kappa shape index (κ1) is 10.0. The van der Waals surface area contributed by atoms with E-state index in [1.54, 1.807) is 0 Å². The summed E-state index contributed by atoms with van der Waals surface area (Å²) in [5.41, 5.74) is 0. The first-order valence-corrected chi connectivity index (χ1v) is 5.35. The third kappa shape index (κ3) is 2.78. The molecule has 0 amide bonds. The molecule has 3 atom stereocenters. The molecule has 1 N–H and O–H groups in total. The van der Waals surface area contributed by atoms with Crippen LogP contribution in [0.5, 0.6) is 0 Å². The molecular weight excluding hydrogens is 148 g/mol. The van der Waals surface area contributed by atoms with Crippen LogP contribution in [0.3, 0.4) is 0 Å². The van der Waals surface area contributed by atoms with Crippen molar-refractivity contribution in [3.8, 4) is 0 Å². The van der Waals surface area contributed by atoms with Crippen LogP contribution in [0.25, 0.3) is 0 Å². The van der Waals surface area contributed by atoms with E-state index in [0.29, 0.717) is 12.5 Å². The van der Waals surface area contributed by atoms with Crippen molar-refractivity contribution in [1.29, 1.82) is 0 Å². The van der Waals surface area contributed by atoms with Gasteiger partial charge in [-0.3, -0.25) is 0 Å². The smallest absolute Gasteiger partial charge is 0.0459 e. The molecule has 1 aliphatic carbocycles. The highest BCUT2D eigenvalue weighted by atomic mass is 16.3. The summed E-state index contributed by atoms with van der Waals surface area (Å²) >= 11 is 0. The topological polar surface area (TPSA) is 20.2 Å². The van der Waals surface area contributed by atoms with E-state index in [1.165, 1.54) is 32.1 Å². The van der Waals surface area contributed by atoms with Crippen LogP contribution >= 0.6 is 0 Å². The molecule has 1 fully saturated rings. The summed E-state index contributed by atoms with van der Waals surface area (Å²) in [4.78, 5) is 0. The molecule has 0 heterocycles. The molecule has 0 aliphatic heterocycles. The van der Waals surface area contributed by atoms with Crippen LogP contribution in [0.2, 0.25) is 0 Å². The van der Waals surface area contributed by atoms with Crippen LogP contribution in [-0.4, -0.2) is 11.7 Å². The summed E-state index contributed by atoms with van der Waals surface area (Å²) < 4.78 is 0. The summed E-state index contributed by atoms with van der Waals surface area (Å²) in [5.74, 6) is 2.18. The number of aliphatic hydroxyl groups is 1. The quantitative estimate of drug-likeness (QED) is 0.632. The number of rotatable bonds is 2. The van der Waals surface area contributed by atoms with Crippen LogP contribution < -0.4 is 0 Å². The third-order valence-electron chi connectivity index (χ3n) is 3.32. The van der Waals surface area contributed by atoms with Gasteiger partial charge in [-0.15, -0.1) is 0 Å². The number of aliphatic hydroxyl groups excluding tert-OH is 1. The van der Waals surface area contributed by atoms with Crippen molar-refractivity contribution in [2.24, 2.45) is 17.8 Å². The van der Waals surface area contributed by atoms with E-state index in [-0.39, 0.29) is 0 Å². The lowest BCUT2D eigenvalue weighted by atomic mass is 9.85. The summed E-state index contributed by atoms with van der Waals surface area (Å²) in [6.45, 7) is 4.91. The molecule has 0 spiro atoms. The Labute approximate surface area is 76.2 Å². The van der Waals surface area contributed by atoms with Gasteiger partial charge in [-0.25, -0.2) is 0 Å². The van der Waals surface area contributed by atoms with Crippen molar-refractivity contribution in [2.45, 2.75) is 46.0 Å². The fourth-order valence-electron chi connectivity index (χ4n) is 2.32. The molecule has 1 nitrogen and oxygen atoms in total. The zero-order chi connectivity index (χ0) is 8.97. The summed E-state index contributed by atoms with van der Waals surface area (Å²) in [5, 5.41) is 9.07. The molecule has 12 heavy (non-hydrogen) atoms. The normalized spacial score (nSPS) is 34.2. The van der Waals surface area contributed by atoms with E-state index in [0.717, 1.165) is 11.8 Å². The highest BCUT2D eigenvalue weighted by Gasteiger charge is 2.21. The first-order valence-electron chi connectivity index (χ1n) is 5.35. The SMILES string of the molecule is C[C@@H]1CCCC[C@H]([C@@H](C)CO)C1. The van der Waals surface area contributed by atoms with Crippen LogP contribution in [0.15, 0.2) is 0 Å². The van der Waals surface area contributed by atoms with Crippen molar-refractivity contribution in [3.05, 3.63) is 0 Å². The van der Waals surface area contributed by atoms with E-state index in [4.69, 9.17) is 5.11 Å². The van der Waals surface area contributed by atoms with Crippen molar-refractivity contribution < 1.29 is 5.11 Å². The molecule has 0 aromatic heterocycles. The van der Waals surface area contributed by atoms with E-state index in [9.17, 15) is 0 Å². The molecule has 72 valence electrons. The Morgan fingerprint density at radius 2 is 2.00 bits per heavy atom. The second-order valence-corrected chi connectivity index (χ2v) is 4.55. The fourth-order valence-corrected chi connectivity index (χ4v) is 2.32. The van der Waals surface area contributed by atoms with Gasteiger partial charge >= 0.3 is 0 Å². The molecule has 0 radical (unpaired) electrons. The Morgan fingerprint density at radius 1 is 1.33 bits per heavy atom. The maximum absolute atomic E-state index is 9.07. The van der Waals surface area contributed by atoms with Gasteiger partial charge in [-0.05, 0) is 24.2 Å². The number of hydrogen-bond acceptors (Lipinski definition) is 1. The van der Waals surface area contributed by atoms with E-state index >= 15 is 0 Å². The molecular formula is C11H22O. The molecule has 0 saturated heterocycles. The van der Waals surface area contributed by atoms with E-state index < -0.39 is 0 Å². The Hall–Kier alpha value is -0.0400. The van der Waals surface area contributed by atoms with Crippen molar-refractivity contribution in [3.63, 3.8) is 0 Å². The van der Waals surface area contributed by atoms with Crippen LogP contribution in [-0.2, 0) is 0 Å². The monoisotopic (exact) mass is 170 g/mol. The molecule has 0 bridgehead atoms. The predicted octanol–water partition coefficient (Wildman–Crippen LogP) is 2.83. The van der Waals surface area contributed by atoms with Crippen LogP contribution in [0.4, 0.5) is 0 Å². The zero-order valence-electron chi connectivity index (χ0n) is 8.42.